The van der Waals surface area contributed by atoms with Crippen molar-refractivity contribution < 1.29 is 4.74 Å². The van der Waals surface area contributed by atoms with Gasteiger partial charge >= 0.3 is 0 Å². The van der Waals surface area contributed by atoms with Crippen molar-refractivity contribution in [2.24, 2.45) is 0 Å². The zero-order valence-corrected chi connectivity index (χ0v) is 9.36. The maximum atomic E-state index is 5.47. The summed E-state index contributed by atoms with van der Waals surface area (Å²) in [4.78, 5) is 8.77. The second kappa shape index (κ2) is 4.84. The first-order valence-electron chi connectivity index (χ1n) is 5.46. The van der Waals surface area contributed by atoms with E-state index in [2.05, 4.69) is 21.2 Å². The van der Waals surface area contributed by atoms with Crippen molar-refractivity contribution in [2.45, 2.75) is 25.2 Å². The molecule has 0 amide bonds. The summed E-state index contributed by atoms with van der Waals surface area (Å²) in [6.07, 6.45) is 8.11. The summed E-state index contributed by atoms with van der Waals surface area (Å²) in [7, 11) is 1.84. The molecule has 1 heterocycles. The fourth-order valence-electron chi connectivity index (χ4n) is 1.38. The molecule has 0 atom stereocenters. The Morgan fingerprint density at radius 3 is 3.00 bits per heavy atom. The summed E-state index contributed by atoms with van der Waals surface area (Å²) in [6, 6.07) is 1.79. The number of nitrogens with zero attached hydrogens (tertiary/aromatic N) is 2. The van der Waals surface area contributed by atoms with E-state index in [0.717, 1.165) is 11.6 Å². The molecule has 0 aromatic carbocycles. The Balaban J connectivity index is 2.10. The Hall–Kier alpha value is -1.76. The zero-order chi connectivity index (χ0) is 11.4. The monoisotopic (exact) mass is 217 g/mol. The molecule has 0 spiro atoms. The molecule has 1 aliphatic rings. The number of nitrogens with one attached hydrogen (secondary N) is 1. The fourth-order valence-corrected chi connectivity index (χ4v) is 1.38. The van der Waals surface area contributed by atoms with E-state index in [1.165, 1.54) is 12.8 Å². The van der Waals surface area contributed by atoms with Gasteiger partial charge in [-0.2, -0.15) is 4.98 Å². The Morgan fingerprint density at radius 1 is 1.56 bits per heavy atom. The van der Waals surface area contributed by atoms with Crippen LogP contribution in [0.15, 0.2) is 6.07 Å². The van der Waals surface area contributed by atoms with E-state index in [0.29, 0.717) is 24.8 Å². The van der Waals surface area contributed by atoms with Crippen LogP contribution in [0.1, 0.15) is 31.0 Å². The molecule has 1 fully saturated rings. The van der Waals surface area contributed by atoms with E-state index >= 15 is 0 Å². The van der Waals surface area contributed by atoms with Gasteiger partial charge in [0.2, 0.25) is 5.88 Å². The van der Waals surface area contributed by atoms with Gasteiger partial charge in [-0.3, -0.25) is 0 Å². The third-order valence-corrected chi connectivity index (χ3v) is 2.41. The van der Waals surface area contributed by atoms with Gasteiger partial charge in [-0.25, -0.2) is 4.98 Å². The smallest absolute Gasteiger partial charge is 0.218 e. The predicted octanol–water partition coefficient (Wildman–Crippen LogP) is 1.80. The van der Waals surface area contributed by atoms with Gasteiger partial charge < -0.3 is 10.1 Å². The van der Waals surface area contributed by atoms with Crippen molar-refractivity contribution in [3.63, 3.8) is 0 Å². The Bertz CT molecular complexity index is 407. The lowest BCUT2D eigenvalue weighted by Crippen LogP contribution is -2.04. The second-order valence-corrected chi connectivity index (χ2v) is 3.78. The molecule has 0 unspecified atom stereocenters. The van der Waals surface area contributed by atoms with Gasteiger partial charge in [-0.1, -0.05) is 0 Å². The molecule has 0 bridgehead atoms. The molecular weight excluding hydrogens is 202 g/mol. The van der Waals surface area contributed by atoms with Crippen LogP contribution in [0, 0.1) is 12.3 Å². The third-order valence-electron chi connectivity index (χ3n) is 2.41. The minimum atomic E-state index is 0.501. The van der Waals surface area contributed by atoms with Gasteiger partial charge in [0.05, 0.1) is 0 Å². The molecule has 1 aromatic heterocycles. The summed E-state index contributed by atoms with van der Waals surface area (Å²) >= 11 is 0. The topological polar surface area (TPSA) is 47.0 Å². The average Bonchev–Trinajstić information content (AvgIpc) is 3.13. The van der Waals surface area contributed by atoms with Gasteiger partial charge in [0.25, 0.3) is 0 Å². The van der Waals surface area contributed by atoms with E-state index in [4.69, 9.17) is 11.2 Å². The van der Waals surface area contributed by atoms with Crippen LogP contribution in [0.25, 0.3) is 0 Å². The van der Waals surface area contributed by atoms with E-state index in [1.807, 2.05) is 7.05 Å². The van der Waals surface area contributed by atoms with Crippen LogP contribution in [-0.4, -0.2) is 23.6 Å². The molecule has 84 valence electrons. The van der Waals surface area contributed by atoms with E-state index in [9.17, 15) is 0 Å². The highest BCUT2D eigenvalue weighted by atomic mass is 16.5. The number of ether oxygens (including phenoxy) is 1. The van der Waals surface area contributed by atoms with Crippen molar-refractivity contribution in [2.75, 3.05) is 19.0 Å². The van der Waals surface area contributed by atoms with Crippen molar-refractivity contribution in [3.8, 4) is 18.2 Å². The number of hydrogen-bond donors (Lipinski definition) is 1. The zero-order valence-electron chi connectivity index (χ0n) is 9.36. The molecule has 1 aromatic rings. The first-order chi connectivity index (χ1) is 7.83. The van der Waals surface area contributed by atoms with Crippen LogP contribution in [-0.2, 0) is 0 Å². The molecule has 4 heteroatoms. The molecule has 1 N–H and O–H groups in total. The first-order valence-corrected chi connectivity index (χ1v) is 5.46. The molecule has 1 saturated carbocycles. The van der Waals surface area contributed by atoms with Crippen LogP contribution < -0.4 is 10.1 Å². The lowest BCUT2D eigenvalue weighted by Gasteiger charge is -2.07. The van der Waals surface area contributed by atoms with Gasteiger partial charge in [-0.15, -0.1) is 12.3 Å². The van der Waals surface area contributed by atoms with Gasteiger partial charge in [0.1, 0.15) is 18.2 Å². The van der Waals surface area contributed by atoms with Crippen molar-refractivity contribution in [1.82, 2.24) is 9.97 Å². The lowest BCUT2D eigenvalue weighted by atomic mass is 10.4. The van der Waals surface area contributed by atoms with E-state index in [-0.39, 0.29) is 0 Å². The highest BCUT2D eigenvalue weighted by molar-refractivity contribution is 5.38. The molecule has 4 nitrogen and oxygen atoms in total. The second-order valence-electron chi connectivity index (χ2n) is 3.78. The van der Waals surface area contributed by atoms with Gasteiger partial charge in [0, 0.05) is 25.5 Å². The van der Waals surface area contributed by atoms with Gasteiger partial charge in [0.15, 0.2) is 0 Å². The normalized spacial score (nSPS) is 14.2. The van der Waals surface area contributed by atoms with E-state index in [1.54, 1.807) is 6.07 Å². The molecule has 2 rings (SSSR count). The van der Waals surface area contributed by atoms with Gasteiger partial charge in [-0.05, 0) is 12.8 Å². The quantitative estimate of drug-likeness (QED) is 0.603. The van der Waals surface area contributed by atoms with E-state index < -0.39 is 0 Å². The number of aromatic nitrogens is 2. The van der Waals surface area contributed by atoms with Crippen molar-refractivity contribution in [1.29, 1.82) is 0 Å². The highest BCUT2D eigenvalue weighted by Gasteiger charge is 2.27. The summed E-state index contributed by atoms with van der Waals surface area (Å²) in [5, 5.41) is 3.01. The fraction of sp³-hybridized carbons (Fsp3) is 0.500. The molecule has 0 aliphatic heterocycles. The predicted molar refractivity (Wildman–Crippen MR) is 62.5 cm³/mol. The minimum Gasteiger partial charge on any atom is -0.477 e. The maximum Gasteiger partial charge on any atom is 0.218 e. The summed E-state index contributed by atoms with van der Waals surface area (Å²) in [5.74, 6) is 5.33. The molecule has 16 heavy (non-hydrogen) atoms. The van der Waals surface area contributed by atoms with Crippen LogP contribution in [0.3, 0.4) is 0 Å². The molecule has 0 saturated heterocycles. The molecule has 0 radical (unpaired) electrons. The summed E-state index contributed by atoms with van der Waals surface area (Å²) in [5.41, 5.74) is 0. The average molecular weight is 217 g/mol. The van der Waals surface area contributed by atoms with Crippen molar-refractivity contribution in [3.05, 3.63) is 11.9 Å². The molecule has 1 aliphatic carbocycles. The number of terminal acetylenes is 1. The summed E-state index contributed by atoms with van der Waals surface area (Å²) in [6.45, 7) is 0.501. The summed E-state index contributed by atoms with van der Waals surface area (Å²) < 4.78 is 5.47. The minimum absolute atomic E-state index is 0.501. The standard InChI is InChI=1S/C12H15N3O/c1-3-4-7-16-11-8-10(13-2)14-12(15-11)9-5-6-9/h1,8-9H,4-7H2,2H3,(H,13,14,15). The lowest BCUT2D eigenvalue weighted by molar-refractivity contribution is 0.313. The maximum absolute atomic E-state index is 5.47. The molecular formula is C12H15N3O. The Morgan fingerprint density at radius 2 is 2.38 bits per heavy atom. The number of anilines is 1. The Kier molecular flexibility index (Phi) is 3.25. The Labute approximate surface area is 95.4 Å². The first kappa shape index (κ1) is 10.7. The highest BCUT2D eigenvalue weighted by Crippen LogP contribution is 2.39. The number of rotatable bonds is 5. The SMILES string of the molecule is C#CCCOc1cc(NC)nc(C2CC2)n1. The van der Waals surface area contributed by atoms with Crippen LogP contribution >= 0.6 is 0 Å². The number of hydrogen-bond acceptors (Lipinski definition) is 4. The van der Waals surface area contributed by atoms with Crippen LogP contribution in [0.2, 0.25) is 0 Å². The van der Waals surface area contributed by atoms with Crippen molar-refractivity contribution >= 4 is 5.82 Å². The third kappa shape index (κ3) is 2.63. The largest absolute Gasteiger partial charge is 0.477 e. The van der Waals surface area contributed by atoms with Crippen LogP contribution in [0.4, 0.5) is 5.82 Å². The van der Waals surface area contributed by atoms with Crippen LogP contribution in [0.5, 0.6) is 5.88 Å².